The number of carbonyl (C=O) groups excluding carboxylic acids is 2. The number of nitrogens with one attached hydrogen (secondary N) is 1. The second-order valence-corrected chi connectivity index (χ2v) is 10.6. The lowest BCUT2D eigenvalue weighted by molar-refractivity contribution is -0.138. The summed E-state index contributed by atoms with van der Waals surface area (Å²) in [6.45, 7) is 4.28. The Morgan fingerprint density at radius 2 is 1.91 bits per heavy atom. The van der Waals surface area contributed by atoms with E-state index in [4.69, 9.17) is 4.74 Å². The molecule has 2 fully saturated rings. The highest BCUT2D eigenvalue weighted by molar-refractivity contribution is 9.10. The Hall–Kier alpha value is -1.90. The van der Waals surface area contributed by atoms with E-state index >= 15 is 0 Å². The molecule has 6 nitrogen and oxygen atoms in total. The van der Waals surface area contributed by atoms with Gasteiger partial charge in [0.15, 0.2) is 0 Å². The molecule has 1 aromatic carbocycles. The molecule has 2 amide bonds. The molecule has 0 saturated carbocycles. The van der Waals surface area contributed by atoms with Gasteiger partial charge in [0, 0.05) is 29.0 Å². The molecule has 3 heterocycles. The van der Waals surface area contributed by atoms with Gasteiger partial charge in [-0.3, -0.25) is 4.79 Å². The van der Waals surface area contributed by atoms with Crippen molar-refractivity contribution in [3.05, 3.63) is 56.7 Å². The molecule has 0 bridgehead atoms. The first-order valence-corrected chi connectivity index (χ1v) is 12.8. The van der Waals surface area contributed by atoms with Crippen molar-refractivity contribution in [1.29, 1.82) is 0 Å². The van der Waals surface area contributed by atoms with Crippen molar-refractivity contribution in [2.24, 2.45) is 5.41 Å². The fraction of sp³-hybridized carbons (Fsp3) is 0.500. The number of thiophene rings is 1. The Labute approximate surface area is 202 Å². The number of halogens is 1. The van der Waals surface area contributed by atoms with Gasteiger partial charge in [-0.2, -0.15) is 0 Å². The first-order valence-electron chi connectivity index (χ1n) is 11.1. The average Bonchev–Trinajstić information content (AvgIpc) is 3.44. The molecule has 1 spiro atoms. The Bertz CT molecular complexity index is 911. The molecular weight excluding hydrogens is 490 g/mol. The van der Waals surface area contributed by atoms with Gasteiger partial charge in [-0.05, 0) is 67.9 Å². The summed E-state index contributed by atoms with van der Waals surface area (Å²) in [5.74, 6) is 0.323. The van der Waals surface area contributed by atoms with Gasteiger partial charge >= 0.3 is 6.09 Å². The maximum atomic E-state index is 13.3. The van der Waals surface area contributed by atoms with Crippen LogP contribution in [-0.4, -0.2) is 55.1 Å². The van der Waals surface area contributed by atoms with Crippen LogP contribution < -0.4 is 5.32 Å². The van der Waals surface area contributed by atoms with Crippen LogP contribution in [0.2, 0.25) is 0 Å². The van der Waals surface area contributed by atoms with Crippen molar-refractivity contribution in [2.45, 2.75) is 38.3 Å². The van der Waals surface area contributed by atoms with Gasteiger partial charge < -0.3 is 19.9 Å². The Balaban J connectivity index is 1.29. The zero-order valence-corrected chi connectivity index (χ0v) is 20.8. The second kappa shape index (κ2) is 10.4. The second-order valence-electron chi connectivity index (χ2n) is 8.72. The number of nitrogens with zero attached hydrogens (tertiary/aromatic N) is 2. The van der Waals surface area contributed by atoms with Crippen molar-refractivity contribution in [1.82, 2.24) is 15.1 Å². The molecule has 2 saturated heterocycles. The molecule has 172 valence electrons. The molecule has 32 heavy (non-hydrogen) atoms. The van der Waals surface area contributed by atoms with Crippen LogP contribution in [0.3, 0.4) is 0 Å². The largest absolute Gasteiger partial charge is 0.453 e. The number of amides is 2. The summed E-state index contributed by atoms with van der Waals surface area (Å²) in [4.78, 5) is 30.6. The van der Waals surface area contributed by atoms with E-state index in [1.807, 2.05) is 34.5 Å². The summed E-state index contributed by atoms with van der Waals surface area (Å²) >= 11 is 5.12. The fourth-order valence-corrected chi connectivity index (χ4v) is 5.89. The van der Waals surface area contributed by atoms with Crippen LogP contribution in [0.5, 0.6) is 0 Å². The minimum atomic E-state index is -0.400. The minimum Gasteiger partial charge on any atom is -0.453 e. The fourth-order valence-electron chi connectivity index (χ4n) is 4.81. The molecule has 8 heteroatoms. The average molecular weight is 520 g/mol. The molecule has 2 aliphatic rings. The normalized spacial score (nSPS) is 19.3. The number of carbonyl (C=O) groups is 2. The van der Waals surface area contributed by atoms with E-state index in [1.54, 1.807) is 11.3 Å². The predicted molar refractivity (Wildman–Crippen MR) is 130 cm³/mol. The summed E-state index contributed by atoms with van der Waals surface area (Å²) in [7, 11) is 1.39. The van der Waals surface area contributed by atoms with Crippen molar-refractivity contribution < 1.29 is 14.3 Å². The van der Waals surface area contributed by atoms with Crippen LogP contribution >= 0.6 is 27.3 Å². The van der Waals surface area contributed by atoms with Crippen LogP contribution in [-0.2, 0) is 16.1 Å². The molecule has 2 aliphatic heterocycles. The van der Waals surface area contributed by atoms with Gasteiger partial charge in [0.1, 0.15) is 0 Å². The van der Waals surface area contributed by atoms with Gasteiger partial charge in [0.25, 0.3) is 0 Å². The lowest BCUT2D eigenvalue weighted by Gasteiger charge is -2.38. The number of rotatable bonds is 7. The van der Waals surface area contributed by atoms with Crippen LogP contribution in [0.1, 0.15) is 42.2 Å². The van der Waals surface area contributed by atoms with Gasteiger partial charge in [-0.15, -0.1) is 11.3 Å². The van der Waals surface area contributed by atoms with E-state index in [1.165, 1.54) is 12.7 Å². The number of alkyl carbamates (subject to hydrolysis) is 1. The van der Waals surface area contributed by atoms with Crippen molar-refractivity contribution in [3.8, 4) is 0 Å². The van der Waals surface area contributed by atoms with Crippen molar-refractivity contribution in [3.63, 3.8) is 0 Å². The molecule has 0 aliphatic carbocycles. The lowest BCUT2D eigenvalue weighted by Crippen LogP contribution is -2.45. The smallest absolute Gasteiger partial charge is 0.407 e. The SMILES string of the molecule is COC(=O)NC(CCN1CCC2(CC1)CCN(Cc1ccc(Br)cc1)C2=O)c1cccs1. The summed E-state index contributed by atoms with van der Waals surface area (Å²) in [5.41, 5.74) is 0.984. The molecule has 2 aromatic rings. The van der Waals surface area contributed by atoms with E-state index in [0.29, 0.717) is 12.5 Å². The highest BCUT2D eigenvalue weighted by atomic mass is 79.9. The molecular formula is C24H30BrN3O3S. The molecule has 4 rings (SSSR count). The van der Waals surface area contributed by atoms with Gasteiger partial charge in [-0.1, -0.05) is 34.1 Å². The minimum absolute atomic E-state index is 0.0483. The maximum Gasteiger partial charge on any atom is 0.407 e. The van der Waals surface area contributed by atoms with Crippen molar-refractivity contribution >= 4 is 39.3 Å². The lowest BCUT2D eigenvalue weighted by atomic mass is 9.77. The summed E-state index contributed by atoms with van der Waals surface area (Å²) < 4.78 is 5.86. The number of ether oxygens (including phenoxy) is 1. The molecule has 1 aromatic heterocycles. The summed E-state index contributed by atoms with van der Waals surface area (Å²) in [6.07, 6.45) is 3.21. The summed E-state index contributed by atoms with van der Waals surface area (Å²) in [6, 6.07) is 12.2. The van der Waals surface area contributed by atoms with Crippen LogP contribution in [0.15, 0.2) is 46.3 Å². The Morgan fingerprint density at radius 3 is 2.56 bits per heavy atom. The topological polar surface area (TPSA) is 61.9 Å². The van der Waals surface area contributed by atoms with Crippen LogP contribution in [0.25, 0.3) is 0 Å². The van der Waals surface area contributed by atoms with E-state index in [-0.39, 0.29) is 11.5 Å². The number of piperidine rings is 1. The highest BCUT2D eigenvalue weighted by Crippen LogP contribution is 2.42. The van der Waals surface area contributed by atoms with Crippen LogP contribution in [0.4, 0.5) is 4.79 Å². The third kappa shape index (κ3) is 5.35. The Morgan fingerprint density at radius 1 is 1.19 bits per heavy atom. The quantitative estimate of drug-likeness (QED) is 0.569. The van der Waals surface area contributed by atoms with Gasteiger partial charge in [0.05, 0.1) is 18.6 Å². The van der Waals surface area contributed by atoms with E-state index in [0.717, 1.165) is 61.2 Å². The number of hydrogen-bond donors (Lipinski definition) is 1. The molecule has 0 radical (unpaired) electrons. The maximum absolute atomic E-state index is 13.3. The molecule has 1 unspecified atom stereocenters. The van der Waals surface area contributed by atoms with Gasteiger partial charge in [-0.25, -0.2) is 4.79 Å². The van der Waals surface area contributed by atoms with Crippen molar-refractivity contribution in [2.75, 3.05) is 33.3 Å². The van der Waals surface area contributed by atoms with E-state index in [9.17, 15) is 9.59 Å². The molecule has 1 atom stereocenters. The third-order valence-electron chi connectivity index (χ3n) is 6.80. The number of likely N-dealkylation sites (tertiary alicyclic amines) is 2. The summed E-state index contributed by atoms with van der Waals surface area (Å²) in [5, 5.41) is 4.98. The van der Waals surface area contributed by atoms with Gasteiger partial charge in [0.2, 0.25) is 5.91 Å². The van der Waals surface area contributed by atoms with Crippen LogP contribution in [0, 0.1) is 5.41 Å². The number of methoxy groups -OCH3 is 1. The predicted octanol–water partition coefficient (Wildman–Crippen LogP) is 4.81. The monoisotopic (exact) mass is 519 g/mol. The zero-order valence-electron chi connectivity index (χ0n) is 18.4. The number of benzene rings is 1. The standard InChI is InChI=1S/C24H30BrN3O3S/c1-31-23(30)26-20(21-3-2-16-32-21)8-12-27-13-9-24(10-14-27)11-15-28(22(24)29)17-18-4-6-19(25)7-5-18/h2-7,16,20H,8-15,17H2,1H3,(H,26,30). The first kappa shape index (κ1) is 23.3. The highest BCUT2D eigenvalue weighted by Gasteiger charge is 2.47. The van der Waals surface area contributed by atoms with E-state index in [2.05, 4.69) is 38.3 Å². The molecule has 1 N–H and O–H groups in total. The Kier molecular flexibility index (Phi) is 7.53. The third-order valence-corrected chi connectivity index (χ3v) is 8.31. The first-order chi connectivity index (χ1) is 15.5. The van der Waals surface area contributed by atoms with E-state index < -0.39 is 6.09 Å². The number of hydrogen-bond acceptors (Lipinski definition) is 5. The zero-order chi connectivity index (χ0) is 22.6.